The van der Waals surface area contributed by atoms with Gasteiger partial charge in [-0.3, -0.25) is 4.79 Å². The van der Waals surface area contributed by atoms with E-state index in [1.54, 1.807) is 6.08 Å². The van der Waals surface area contributed by atoms with Crippen LogP contribution in [0.2, 0.25) is 0 Å². The Morgan fingerprint density at radius 1 is 1.39 bits per heavy atom. The Bertz CT molecular complexity index is 386. The number of hydrogen-bond acceptors (Lipinski definition) is 1. The number of carbonyl (C=O) groups excluding carboxylic acids is 1. The zero-order valence-corrected chi connectivity index (χ0v) is 11.2. The molecule has 0 bridgehead atoms. The Balaban J connectivity index is 3.65. The summed E-state index contributed by atoms with van der Waals surface area (Å²) in [6.07, 6.45) is 14.7. The van der Waals surface area contributed by atoms with Crippen LogP contribution in [0.5, 0.6) is 0 Å². The highest BCUT2D eigenvalue weighted by atomic mass is 16.1. The van der Waals surface area contributed by atoms with Gasteiger partial charge in [-0.25, -0.2) is 0 Å². The Morgan fingerprint density at radius 3 is 2.83 bits per heavy atom. The van der Waals surface area contributed by atoms with E-state index in [0.717, 1.165) is 25.8 Å². The summed E-state index contributed by atoms with van der Waals surface area (Å²) in [6, 6.07) is 0. The number of terminal acetylenes is 1. The van der Waals surface area contributed by atoms with Crippen LogP contribution < -0.4 is 5.32 Å². The third kappa shape index (κ3) is 12.1. The Labute approximate surface area is 111 Å². The van der Waals surface area contributed by atoms with Crippen molar-refractivity contribution in [3.63, 3.8) is 0 Å². The largest absolute Gasteiger partial charge is 0.353 e. The predicted octanol–water partition coefficient (Wildman–Crippen LogP) is 2.68. The third-order valence-corrected chi connectivity index (χ3v) is 2.11. The van der Waals surface area contributed by atoms with E-state index in [9.17, 15) is 4.79 Å². The second-order valence-electron chi connectivity index (χ2n) is 4.25. The zero-order chi connectivity index (χ0) is 13.6. The van der Waals surface area contributed by atoms with Gasteiger partial charge in [-0.15, -0.1) is 6.42 Å². The van der Waals surface area contributed by atoms with Crippen LogP contribution in [0.4, 0.5) is 0 Å². The molecule has 96 valence electrons. The number of rotatable bonds is 7. The van der Waals surface area contributed by atoms with Crippen LogP contribution in [0, 0.1) is 30.1 Å². The van der Waals surface area contributed by atoms with Crippen molar-refractivity contribution in [3.8, 4) is 24.2 Å². The molecule has 0 aromatic rings. The van der Waals surface area contributed by atoms with E-state index in [4.69, 9.17) is 6.42 Å². The molecule has 0 aliphatic carbocycles. The van der Waals surface area contributed by atoms with E-state index in [0.29, 0.717) is 5.92 Å². The first kappa shape index (κ1) is 16.1. The number of carbonyl (C=O) groups is 1. The molecule has 0 aromatic carbocycles. The molecule has 2 nitrogen and oxygen atoms in total. The Kier molecular flexibility index (Phi) is 10.3. The van der Waals surface area contributed by atoms with Crippen LogP contribution in [0.1, 0.15) is 33.1 Å². The van der Waals surface area contributed by atoms with Gasteiger partial charge < -0.3 is 5.32 Å². The van der Waals surface area contributed by atoms with E-state index >= 15 is 0 Å². The van der Waals surface area contributed by atoms with Crippen molar-refractivity contribution >= 4 is 5.91 Å². The predicted molar refractivity (Wildman–Crippen MR) is 76.6 cm³/mol. The van der Waals surface area contributed by atoms with Crippen LogP contribution in [0.25, 0.3) is 0 Å². The summed E-state index contributed by atoms with van der Waals surface area (Å²) in [5.74, 6) is 8.20. The summed E-state index contributed by atoms with van der Waals surface area (Å²) in [6.45, 7) is 4.99. The molecule has 0 radical (unpaired) electrons. The van der Waals surface area contributed by atoms with Gasteiger partial charge in [0, 0.05) is 19.0 Å². The molecule has 18 heavy (non-hydrogen) atoms. The van der Waals surface area contributed by atoms with Crippen molar-refractivity contribution in [1.82, 2.24) is 5.32 Å². The van der Waals surface area contributed by atoms with Gasteiger partial charge in [0.05, 0.1) is 0 Å². The molecule has 0 saturated heterocycles. The first-order valence-corrected chi connectivity index (χ1v) is 6.21. The van der Waals surface area contributed by atoms with Gasteiger partial charge in [0.15, 0.2) is 0 Å². The fourth-order valence-corrected chi connectivity index (χ4v) is 1.13. The Hall–Kier alpha value is -1.93. The van der Waals surface area contributed by atoms with Crippen LogP contribution in [-0.2, 0) is 4.79 Å². The maximum Gasteiger partial charge on any atom is 0.243 e. The van der Waals surface area contributed by atoms with Crippen molar-refractivity contribution in [2.45, 2.75) is 33.1 Å². The van der Waals surface area contributed by atoms with Gasteiger partial charge in [-0.2, -0.15) is 0 Å². The molecule has 0 unspecified atom stereocenters. The molecular weight excluding hydrogens is 222 g/mol. The summed E-state index contributed by atoms with van der Waals surface area (Å²) in [7, 11) is 0. The van der Waals surface area contributed by atoms with Crippen LogP contribution in [0.3, 0.4) is 0 Å². The lowest BCUT2D eigenvalue weighted by molar-refractivity contribution is -0.116. The molecule has 0 rings (SSSR count). The highest BCUT2D eigenvalue weighted by Crippen LogP contribution is 1.96. The monoisotopic (exact) mass is 243 g/mol. The van der Waals surface area contributed by atoms with E-state index in [1.807, 2.05) is 12.2 Å². The van der Waals surface area contributed by atoms with Crippen molar-refractivity contribution in [2.24, 2.45) is 5.92 Å². The third-order valence-electron chi connectivity index (χ3n) is 2.11. The minimum Gasteiger partial charge on any atom is -0.353 e. The summed E-state index contributed by atoms with van der Waals surface area (Å²) in [5, 5.41) is 2.83. The SMILES string of the molecule is C#CC#CCC/C=C/C=C/C(=O)NCCC(C)C. The minimum atomic E-state index is -0.0487. The van der Waals surface area contributed by atoms with E-state index < -0.39 is 0 Å². The number of nitrogens with one attached hydrogen (secondary N) is 1. The van der Waals surface area contributed by atoms with Crippen molar-refractivity contribution < 1.29 is 4.79 Å². The lowest BCUT2D eigenvalue weighted by Gasteiger charge is -2.04. The van der Waals surface area contributed by atoms with Gasteiger partial charge >= 0.3 is 0 Å². The van der Waals surface area contributed by atoms with Gasteiger partial charge in [0.2, 0.25) is 5.91 Å². The van der Waals surface area contributed by atoms with E-state index in [2.05, 4.69) is 36.9 Å². The smallest absolute Gasteiger partial charge is 0.243 e. The molecule has 1 N–H and O–H groups in total. The summed E-state index contributed by atoms with van der Waals surface area (Å²) in [4.78, 5) is 11.3. The van der Waals surface area contributed by atoms with Crippen LogP contribution >= 0.6 is 0 Å². The molecule has 0 aliphatic heterocycles. The van der Waals surface area contributed by atoms with Crippen molar-refractivity contribution in [3.05, 3.63) is 24.3 Å². The van der Waals surface area contributed by atoms with Gasteiger partial charge in [-0.1, -0.05) is 38.0 Å². The van der Waals surface area contributed by atoms with E-state index in [-0.39, 0.29) is 5.91 Å². The second kappa shape index (κ2) is 11.6. The molecule has 0 aromatic heterocycles. The molecule has 0 aliphatic rings. The molecule has 0 fully saturated rings. The minimum absolute atomic E-state index is 0.0487. The second-order valence-corrected chi connectivity index (χ2v) is 4.25. The summed E-state index contributed by atoms with van der Waals surface area (Å²) >= 11 is 0. The standard InChI is InChI=1S/C16H21NO/c1-4-5-6-7-8-9-10-11-12-16(18)17-14-13-15(2)3/h1,9-12,15H,7-8,13-14H2,2-3H3,(H,17,18)/b10-9+,12-11+. The number of unbranched alkanes of at least 4 members (excludes halogenated alkanes) is 1. The molecular formula is C16H21NO. The molecule has 0 heterocycles. The average molecular weight is 243 g/mol. The van der Waals surface area contributed by atoms with Gasteiger partial charge in [0.1, 0.15) is 0 Å². The van der Waals surface area contributed by atoms with Crippen LogP contribution in [0.15, 0.2) is 24.3 Å². The molecule has 1 amide bonds. The first-order chi connectivity index (χ1) is 8.66. The number of amides is 1. The molecule has 2 heteroatoms. The summed E-state index contributed by atoms with van der Waals surface area (Å²) in [5.41, 5.74) is 0. The average Bonchev–Trinajstić information content (AvgIpc) is 2.32. The summed E-state index contributed by atoms with van der Waals surface area (Å²) < 4.78 is 0. The van der Waals surface area contributed by atoms with Crippen LogP contribution in [-0.4, -0.2) is 12.5 Å². The highest BCUT2D eigenvalue weighted by Gasteiger charge is 1.95. The van der Waals surface area contributed by atoms with Gasteiger partial charge in [-0.05, 0) is 30.6 Å². The lowest BCUT2D eigenvalue weighted by Crippen LogP contribution is -2.23. The fraction of sp³-hybridized carbons (Fsp3) is 0.438. The number of allylic oxidation sites excluding steroid dienone is 3. The molecule has 0 atom stereocenters. The highest BCUT2D eigenvalue weighted by molar-refractivity contribution is 5.87. The van der Waals surface area contributed by atoms with E-state index in [1.165, 1.54) is 6.08 Å². The Morgan fingerprint density at radius 2 is 2.17 bits per heavy atom. The molecule has 0 saturated carbocycles. The maximum absolute atomic E-state index is 11.3. The quantitative estimate of drug-likeness (QED) is 0.317. The zero-order valence-electron chi connectivity index (χ0n) is 11.2. The lowest BCUT2D eigenvalue weighted by atomic mass is 10.1. The topological polar surface area (TPSA) is 29.1 Å². The van der Waals surface area contributed by atoms with Crippen molar-refractivity contribution in [2.75, 3.05) is 6.54 Å². The molecule has 0 spiro atoms. The first-order valence-electron chi connectivity index (χ1n) is 6.21. The number of hydrogen-bond donors (Lipinski definition) is 1. The van der Waals surface area contributed by atoms with Gasteiger partial charge in [0.25, 0.3) is 0 Å². The maximum atomic E-state index is 11.3. The fourth-order valence-electron chi connectivity index (χ4n) is 1.13. The van der Waals surface area contributed by atoms with Crippen molar-refractivity contribution in [1.29, 1.82) is 0 Å². The normalized spacial score (nSPS) is 10.3.